The lowest BCUT2D eigenvalue weighted by atomic mass is 9.94. The molecule has 1 aliphatic rings. The fourth-order valence-corrected chi connectivity index (χ4v) is 3.45. The van der Waals surface area contributed by atoms with Gasteiger partial charge in [-0.25, -0.2) is 0 Å². The van der Waals surface area contributed by atoms with E-state index in [2.05, 4.69) is 4.90 Å². The van der Waals surface area contributed by atoms with E-state index in [-0.39, 0.29) is 5.91 Å². The predicted octanol–water partition coefficient (Wildman–Crippen LogP) is 1.21. The quantitative estimate of drug-likeness (QED) is 0.756. The highest BCUT2D eigenvalue weighted by molar-refractivity contribution is 7.09. The van der Waals surface area contributed by atoms with Gasteiger partial charge >= 0.3 is 0 Å². The van der Waals surface area contributed by atoms with Crippen molar-refractivity contribution >= 4 is 17.2 Å². The summed E-state index contributed by atoms with van der Waals surface area (Å²) in [7, 11) is 0. The molecule has 0 aromatic carbocycles. The molecule has 1 saturated heterocycles. The van der Waals surface area contributed by atoms with Gasteiger partial charge in [-0.15, -0.1) is 11.3 Å². The third-order valence-electron chi connectivity index (χ3n) is 3.70. The molecule has 1 amide bonds. The number of likely N-dealkylation sites (tertiary alicyclic amines) is 1. The summed E-state index contributed by atoms with van der Waals surface area (Å²) in [6.45, 7) is 3.30. The van der Waals surface area contributed by atoms with Gasteiger partial charge in [0.2, 0.25) is 5.91 Å². The number of carbonyl (C=O) groups excluding carboxylic acids is 1. The lowest BCUT2D eigenvalue weighted by Crippen LogP contribution is -2.42. The minimum atomic E-state index is -0.489. The fraction of sp³-hybridized carbons (Fsp3) is 0.667. The number of aliphatic hydroxyl groups is 1. The molecule has 0 bridgehead atoms. The summed E-state index contributed by atoms with van der Waals surface area (Å²) in [5.41, 5.74) is 5.26. The molecule has 1 aliphatic heterocycles. The summed E-state index contributed by atoms with van der Waals surface area (Å²) in [5.74, 6) is 0.0946. The Morgan fingerprint density at radius 1 is 1.62 bits per heavy atom. The third kappa shape index (κ3) is 6.13. The van der Waals surface area contributed by atoms with E-state index in [1.165, 1.54) is 4.88 Å². The van der Waals surface area contributed by atoms with Gasteiger partial charge in [-0.3, -0.25) is 4.79 Å². The van der Waals surface area contributed by atoms with Crippen LogP contribution in [0.4, 0.5) is 0 Å². The molecular weight excluding hydrogens is 288 g/mol. The number of carbonyl (C=O) groups is 1. The van der Waals surface area contributed by atoms with Crippen LogP contribution in [0.3, 0.4) is 0 Å². The average Bonchev–Trinajstić information content (AvgIpc) is 2.91. The molecule has 5 nitrogen and oxygen atoms in total. The second-order valence-electron chi connectivity index (χ2n) is 5.69. The topological polar surface area (TPSA) is 75.8 Å². The number of ether oxygens (including phenoxy) is 1. The minimum absolute atomic E-state index is 0.235. The van der Waals surface area contributed by atoms with Crippen LogP contribution in [-0.4, -0.2) is 48.3 Å². The molecule has 1 aromatic rings. The standard InChI is InChI=1S/C15H24N2O3S/c16-15(19)7-12-3-1-5-17(8-12)9-13(18)10-20-11-14-4-2-6-21-14/h2,4,6,12-13,18H,1,3,5,7-11H2,(H2,16,19). The van der Waals surface area contributed by atoms with Crippen molar-refractivity contribution in [2.75, 3.05) is 26.2 Å². The van der Waals surface area contributed by atoms with E-state index in [1.54, 1.807) is 11.3 Å². The van der Waals surface area contributed by atoms with Crippen molar-refractivity contribution in [3.8, 4) is 0 Å². The van der Waals surface area contributed by atoms with Crippen LogP contribution in [0.25, 0.3) is 0 Å². The number of amides is 1. The van der Waals surface area contributed by atoms with E-state index in [9.17, 15) is 9.90 Å². The molecule has 0 spiro atoms. The van der Waals surface area contributed by atoms with Gasteiger partial charge in [0, 0.05) is 24.4 Å². The third-order valence-corrected chi connectivity index (χ3v) is 4.55. The Morgan fingerprint density at radius 3 is 3.19 bits per heavy atom. The maximum atomic E-state index is 11.0. The Labute approximate surface area is 129 Å². The highest BCUT2D eigenvalue weighted by atomic mass is 32.1. The Hall–Kier alpha value is -0.950. The zero-order valence-electron chi connectivity index (χ0n) is 12.2. The first-order chi connectivity index (χ1) is 10.1. The zero-order valence-corrected chi connectivity index (χ0v) is 13.1. The van der Waals surface area contributed by atoms with Crippen molar-refractivity contribution in [2.45, 2.75) is 32.0 Å². The molecule has 2 atom stereocenters. The Bertz CT molecular complexity index is 425. The number of rotatable bonds is 8. The van der Waals surface area contributed by atoms with Crippen LogP contribution < -0.4 is 5.73 Å². The number of piperidine rings is 1. The van der Waals surface area contributed by atoms with E-state index in [0.717, 1.165) is 25.9 Å². The lowest BCUT2D eigenvalue weighted by molar-refractivity contribution is -0.119. The van der Waals surface area contributed by atoms with Gasteiger partial charge in [-0.1, -0.05) is 6.07 Å². The number of hydrogen-bond donors (Lipinski definition) is 2. The van der Waals surface area contributed by atoms with Crippen molar-refractivity contribution < 1.29 is 14.6 Å². The molecule has 1 aromatic heterocycles. The number of nitrogens with two attached hydrogens (primary N) is 1. The highest BCUT2D eigenvalue weighted by Gasteiger charge is 2.22. The van der Waals surface area contributed by atoms with Crippen molar-refractivity contribution in [2.24, 2.45) is 11.7 Å². The fourth-order valence-electron chi connectivity index (χ4n) is 2.81. The van der Waals surface area contributed by atoms with Gasteiger partial charge in [-0.05, 0) is 36.8 Å². The number of β-amino-alcohol motifs (C(OH)–C–C–N with tert-alkyl or cyclic N) is 1. The summed E-state index contributed by atoms with van der Waals surface area (Å²) < 4.78 is 5.53. The molecule has 0 radical (unpaired) electrons. The van der Waals surface area contributed by atoms with E-state index >= 15 is 0 Å². The van der Waals surface area contributed by atoms with Crippen LogP contribution in [0.1, 0.15) is 24.1 Å². The Kier molecular flexibility index (Phi) is 6.63. The van der Waals surface area contributed by atoms with E-state index < -0.39 is 6.10 Å². The minimum Gasteiger partial charge on any atom is -0.389 e. The van der Waals surface area contributed by atoms with Gasteiger partial charge in [0.25, 0.3) is 0 Å². The molecule has 21 heavy (non-hydrogen) atoms. The Balaban J connectivity index is 1.64. The molecule has 118 valence electrons. The van der Waals surface area contributed by atoms with Gasteiger partial charge < -0.3 is 20.5 Å². The molecule has 6 heteroatoms. The first-order valence-corrected chi connectivity index (χ1v) is 8.30. The second-order valence-corrected chi connectivity index (χ2v) is 6.72. The summed E-state index contributed by atoms with van der Waals surface area (Å²) in [6.07, 6.45) is 2.06. The van der Waals surface area contributed by atoms with Crippen LogP contribution in [0, 0.1) is 5.92 Å². The van der Waals surface area contributed by atoms with Gasteiger partial charge in [-0.2, -0.15) is 0 Å². The van der Waals surface area contributed by atoms with Gasteiger partial charge in [0.05, 0.1) is 19.3 Å². The SMILES string of the molecule is NC(=O)CC1CCCN(CC(O)COCc2cccs2)C1. The summed E-state index contributed by atoms with van der Waals surface area (Å²) in [6, 6.07) is 4.02. The molecular formula is C15H24N2O3S. The van der Waals surface area contributed by atoms with E-state index in [4.69, 9.17) is 10.5 Å². The molecule has 3 N–H and O–H groups in total. The molecule has 2 unspecified atom stereocenters. The summed E-state index contributed by atoms with van der Waals surface area (Å²) in [5, 5.41) is 12.1. The number of thiophene rings is 1. The zero-order chi connectivity index (χ0) is 15.1. The Morgan fingerprint density at radius 2 is 2.48 bits per heavy atom. The van der Waals surface area contributed by atoms with Gasteiger partial charge in [0.15, 0.2) is 0 Å². The van der Waals surface area contributed by atoms with Crippen LogP contribution in [-0.2, 0) is 16.1 Å². The largest absolute Gasteiger partial charge is 0.389 e. The molecule has 0 saturated carbocycles. The van der Waals surface area contributed by atoms with Crippen molar-refractivity contribution in [3.05, 3.63) is 22.4 Å². The van der Waals surface area contributed by atoms with Crippen molar-refractivity contribution in [1.82, 2.24) is 4.90 Å². The monoisotopic (exact) mass is 312 g/mol. The lowest BCUT2D eigenvalue weighted by Gasteiger charge is -2.33. The van der Waals surface area contributed by atoms with Crippen molar-refractivity contribution in [1.29, 1.82) is 0 Å². The number of hydrogen-bond acceptors (Lipinski definition) is 5. The van der Waals surface area contributed by atoms with Crippen LogP contribution in [0.15, 0.2) is 17.5 Å². The maximum absolute atomic E-state index is 11.0. The maximum Gasteiger partial charge on any atom is 0.217 e. The van der Waals surface area contributed by atoms with E-state index in [0.29, 0.717) is 32.1 Å². The summed E-state index contributed by atoms with van der Waals surface area (Å²) in [4.78, 5) is 14.4. The van der Waals surface area contributed by atoms with Crippen LogP contribution in [0.2, 0.25) is 0 Å². The predicted molar refractivity (Wildman–Crippen MR) is 83.0 cm³/mol. The number of primary amides is 1. The molecule has 0 aliphatic carbocycles. The molecule has 2 rings (SSSR count). The van der Waals surface area contributed by atoms with E-state index in [1.807, 2.05) is 17.5 Å². The smallest absolute Gasteiger partial charge is 0.217 e. The first-order valence-electron chi connectivity index (χ1n) is 7.42. The highest BCUT2D eigenvalue weighted by Crippen LogP contribution is 2.19. The van der Waals surface area contributed by atoms with Crippen LogP contribution >= 0.6 is 11.3 Å². The number of aliphatic hydroxyl groups excluding tert-OH is 1. The first kappa shape index (κ1) is 16.4. The van der Waals surface area contributed by atoms with Crippen LogP contribution in [0.5, 0.6) is 0 Å². The average molecular weight is 312 g/mol. The second kappa shape index (κ2) is 8.48. The summed E-state index contributed by atoms with van der Waals surface area (Å²) >= 11 is 1.66. The van der Waals surface area contributed by atoms with Gasteiger partial charge in [0.1, 0.15) is 0 Å². The normalized spacial score (nSPS) is 21.3. The molecule has 1 fully saturated rings. The number of nitrogens with zero attached hydrogens (tertiary/aromatic N) is 1. The molecule has 2 heterocycles. The van der Waals surface area contributed by atoms with Crippen molar-refractivity contribution in [3.63, 3.8) is 0 Å².